The smallest absolute Gasteiger partial charge is 0.335 e. The number of carboxylic acids is 1. The first-order chi connectivity index (χ1) is 16.8. The highest BCUT2D eigenvalue weighted by atomic mass is 19.1. The van der Waals surface area contributed by atoms with E-state index in [0.717, 1.165) is 19.3 Å². The Hall–Kier alpha value is -2.78. The standard InChI is InChI=1S/C25H40FN3O6/c1-2-3-4-5-6-7-8-9-10-11-12-13-14-15-21(30)27-20(24(33)34)16-17-22(31)29-18-19(26)23(32)28-25(29)35/h18,20H,2-17H2,1H3,(H,27,30)(H,33,34)(H,28,32,35). The topological polar surface area (TPSA) is 138 Å². The number of carbonyl (C=O) groups excluding carboxylic acids is 2. The van der Waals surface area contributed by atoms with Gasteiger partial charge in [-0.2, -0.15) is 4.39 Å². The number of carboxylic acid groups (broad SMARTS) is 1. The van der Waals surface area contributed by atoms with Gasteiger partial charge in [0.15, 0.2) is 0 Å². The van der Waals surface area contributed by atoms with E-state index in [4.69, 9.17) is 0 Å². The molecule has 0 aromatic carbocycles. The molecular formula is C25H40FN3O6. The Morgan fingerprint density at radius 1 is 0.914 bits per heavy atom. The van der Waals surface area contributed by atoms with Crippen LogP contribution in [0.15, 0.2) is 15.8 Å². The lowest BCUT2D eigenvalue weighted by Gasteiger charge is -2.14. The van der Waals surface area contributed by atoms with Crippen molar-refractivity contribution in [3.8, 4) is 0 Å². The summed E-state index contributed by atoms with van der Waals surface area (Å²) < 4.78 is 13.7. The number of aromatic amines is 1. The maximum Gasteiger partial charge on any atom is 0.335 e. The highest BCUT2D eigenvalue weighted by Gasteiger charge is 2.22. The SMILES string of the molecule is CCCCCCCCCCCCCCCC(=O)NC(CCC(=O)n1cc(F)c(=O)[nH]c1=O)C(=O)O. The summed E-state index contributed by atoms with van der Waals surface area (Å²) in [7, 11) is 0. The van der Waals surface area contributed by atoms with Gasteiger partial charge in [-0.05, 0) is 12.8 Å². The van der Waals surface area contributed by atoms with Crippen molar-refractivity contribution in [2.75, 3.05) is 0 Å². The summed E-state index contributed by atoms with van der Waals surface area (Å²) in [5, 5.41) is 11.7. The van der Waals surface area contributed by atoms with Crippen LogP contribution in [0.3, 0.4) is 0 Å². The Morgan fingerprint density at radius 3 is 1.94 bits per heavy atom. The van der Waals surface area contributed by atoms with E-state index < -0.39 is 47.3 Å². The molecule has 1 rings (SSSR count). The third-order valence-electron chi connectivity index (χ3n) is 5.95. The zero-order valence-corrected chi connectivity index (χ0v) is 20.8. The lowest BCUT2D eigenvalue weighted by Crippen LogP contribution is -2.42. The number of rotatable bonds is 19. The maximum atomic E-state index is 13.3. The Balaban J connectivity index is 2.21. The summed E-state index contributed by atoms with van der Waals surface area (Å²) in [5.74, 6) is -3.92. The van der Waals surface area contributed by atoms with Gasteiger partial charge in [-0.15, -0.1) is 0 Å². The summed E-state index contributed by atoms with van der Waals surface area (Å²) in [6.07, 6.45) is 15.3. The fraction of sp³-hybridized carbons (Fsp3) is 0.720. The van der Waals surface area contributed by atoms with Crippen LogP contribution in [0.4, 0.5) is 4.39 Å². The molecule has 1 amide bonds. The van der Waals surface area contributed by atoms with Crippen LogP contribution in [0, 0.1) is 5.82 Å². The molecule has 0 radical (unpaired) electrons. The van der Waals surface area contributed by atoms with Crippen molar-refractivity contribution >= 4 is 17.8 Å². The van der Waals surface area contributed by atoms with Crippen molar-refractivity contribution in [3.63, 3.8) is 0 Å². The van der Waals surface area contributed by atoms with Crippen LogP contribution in [0.1, 0.15) is 114 Å². The minimum absolute atomic E-state index is 0.195. The zero-order chi connectivity index (χ0) is 26.1. The number of hydrogen-bond donors (Lipinski definition) is 3. The molecule has 0 aliphatic heterocycles. The number of aromatic nitrogens is 2. The molecule has 9 nitrogen and oxygen atoms in total. The van der Waals surface area contributed by atoms with Gasteiger partial charge in [-0.1, -0.05) is 84.0 Å². The van der Waals surface area contributed by atoms with E-state index in [0.29, 0.717) is 17.2 Å². The molecule has 1 aromatic rings. The molecule has 0 aliphatic carbocycles. The van der Waals surface area contributed by atoms with Gasteiger partial charge in [0, 0.05) is 12.8 Å². The molecule has 35 heavy (non-hydrogen) atoms. The molecule has 0 bridgehead atoms. The van der Waals surface area contributed by atoms with Gasteiger partial charge in [-0.3, -0.25) is 19.4 Å². The summed E-state index contributed by atoms with van der Waals surface area (Å²) >= 11 is 0. The summed E-state index contributed by atoms with van der Waals surface area (Å²) in [6, 6.07) is -1.31. The minimum Gasteiger partial charge on any atom is -0.480 e. The third-order valence-corrected chi connectivity index (χ3v) is 5.95. The van der Waals surface area contributed by atoms with E-state index >= 15 is 0 Å². The highest BCUT2D eigenvalue weighted by molar-refractivity contribution is 5.84. The normalized spacial score (nSPS) is 11.8. The van der Waals surface area contributed by atoms with Gasteiger partial charge >= 0.3 is 11.7 Å². The summed E-state index contributed by atoms with van der Waals surface area (Å²) in [6.45, 7) is 2.22. The zero-order valence-electron chi connectivity index (χ0n) is 20.8. The van der Waals surface area contributed by atoms with Crippen molar-refractivity contribution in [2.24, 2.45) is 0 Å². The second kappa shape index (κ2) is 17.6. The number of hydrogen-bond acceptors (Lipinski definition) is 5. The Labute approximate surface area is 205 Å². The molecule has 1 heterocycles. The van der Waals surface area contributed by atoms with E-state index in [9.17, 15) is 33.5 Å². The number of carbonyl (C=O) groups is 3. The van der Waals surface area contributed by atoms with E-state index in [1.807, 2.05) is 0 Å². The van der Waals surface area contributed by atoms with Gasteiger partial charge in [0.25, 0.3) is 5.56 Å². The van der Waals surface area contributed by atoms with Crippen molar-refractivity contribution in [1.82, 2.24) is 14.9 Å². The van der Waals surface area contributed by atoms with Gasteiger partial charge < -0.3 is 10.4 Å². The van der Waals surface area contributed by atoms with Crippen LogP contribution in [0.25, 0.3) is 0 Å². The first-order valence-electron chi connectivity index (χ1n) is 12.8. The molecule has 10 heteroatoms. The molecule has 0 spiro atoms. The number of unbranched alkanes of at least 4 members (excludes halogenated alkanes) is 12. The fourth-order valence-corrected chi connectivity index (χ4v) is 3.85. The Kier molecular flexibility index (Phi) is 15.2. The van der Waals surface area contributed by atoms with Gasteiger partial charge in [-0.25, -0.2) is 14.2 Å². The van der Waals surface area contributed by atoms with Gasteiger partial charge in [0.05, 0.1) is 6.20 Å². The quantitative estimate of drug-likeness (QED) is 0.246. The van der Waals surface area contributed by atoms with Crippen LogP contribution in [0.5, 0.6) is 0 Å². The maximum absolute atomic E-state index is 13.3. The summed E-state index contributed by atoms with van der Waals surface area (Å²) in [5.41, 5.74) is -2.36. The molecule has 0 fully saturated rings. The van der Waals surface area contributed by atoms with Gasteiger partial charge in [0.1, 0.15) is 6.04 Å². The Bertz CT molecular complexity index is 911. The van der Waals surface area contributed by atoms with Crippen LogP contribution in [-0.4, -0.2) is 38.5 Å². The summed E-state index contributed by atoms with van der Waals surface area (Å²) in [4.78, 5) is 60.0. The monoisotopic (exact) mass is 497 g/mol. The van der Waals surface area contributed by atoms with Crippen molar-refractivity contribution in [2.45, 2.75) is 116 Å². The molecule has 0 saturated heterocycles. The highest BCUT2D eigenvalue weighted by Crippen LogP contribution is 2.13. The minimum atomic E-state index is -1.31. The van der Waals surface area contributed by atoms with Crippen LogP contribution in [-0.2, 0) is 9.59 Å². The largest absolute Gasteiger partial charge is 0.480 e. The second-order valence-corrected chi connectivity index (χ2v) is 8.99. The van der Waals surface area contributed by atoms with E-state index in [-0.39, 0.29) is 12.8 Å². The lowest BCUT2D eigenvalue weighted by molar-refractivity contribution is -0.142. The average Bonchev–Trinajstić information content (AvgIpc) is 2.81. The predicted molar refractivity (Wildman–Crippen MR) is 131 cm³/mol. The lowest BCUT2D eigenvalue weighted by atomic mass is 10.0. The molecule has 0 aliphatic rings. The van der Waals surface area contributed by atoms with Crippen molar-refractivity contribution < 1.29 is 23.9 Å². The molecule has 0 saturated carbocycles. The van der Waals surface area contributed by atoms with E-state index in [2.05, 4.69) is 12.2 Å². The number of aliphatic carboxylic acids is 1. The average molecular weight is 498 g/mol. The number of H-pyrrole nitrogens is 1. The van der Waals surface area contributed by atoms with Crippen LogP contribution in [0.2, 0.25) is 0 Å². The first-order valence-corrected chi connectivity index (χ1v) is 12.8. The molecule has 1 atom stereocenters. The number of amides is 1. The third kappa shape index (κ3) is 13.0. The molecule has 3 N–H and O–H groups in total. The number of halogens is 1. The Morgan fingerprint density at radius 2 is 1.43 bits per heavy atom. The van der Waals surface area contributed by atoms with Gasteiger partial charge in [0.2, 0.25) is 17.6 Å². The molecule has 198 valence electrons. The van der Waals surface area contributed by atoms with E-state index in [1.54, 1.807) is 4.98 Å². The molecule has 1 unspecified atom stereocenters. The molecular weight excluding hydrogens is 457 g/mol. The number of nitrogens with zero attached hydrogens (tertiary/aromatic N) is 1. The molecule has 1 aromatic heterocycles. The second-order valence-electron chi connectivity index (χ2n) is 8.99. The van der Waals surface area contributed by atoms with Crippen LogP contribution < -0.4 is 16.6 Å². The van der Waals surface area contributed by atoms with Crippen molar-refractivity contribution in [1.29, 1.82) is 0 Å². The fourth-order valence-electron chi connectivity index (χ4n) is 3.85. The number of nitrogens with one attached hydrogen (secondary N) is 2. The predicted octanol–water partition coefficient (Wildman–Crippen LogP) is 4.15. The van der Waals surface area contributed by atoms with E-state index in [1.165, 1.54) is 57.8 Å². The van der Waals surface area contributed by atoms with Crippen LogP contribution >= 0.6 is 0 Å². The van der Waals surface area contributed by atoms with Crippen molar-refractivity contribution in [3.05, 3.63) is 32.9 Å². The first kappa shape index (κ1) is 30.3.